The van der Waals surface area contributed by atoms with Crippen molar-refractivity contribution in [1.29, 1.82) is 0 Å². The highest BCUT2D eigenvalue weighted by Crippen LogP contribution is 2.33. The van der Waals surface area contributed by atoms with Gasteiger partial charge in [-0.05, 0) is 60.3 Å². The minimum absolute atomic E-state index is 0.165. The average molecular weight is 722 g/mol. The predicted molar refractivity (Wildman–Crippen MR) is 199 cm³/mol. The smallest absolute Gasteiger partial charge is 0.404 e. The number of carboxylic acid groups (broad SMARTS) is 1. The molecule has 4 heterocycles. The number of hydrogen-bond acceptors (Lipinski definition) is 9. The van der Waals surface area contributed by atoms with Crippen molar-refractivity contribution in [3.8, 4) is 11.3 Å². The maximum absolute atomic E-state index is 13.3. The number of amides is 1. The Hall–Kier alpha value is -4.18. The van der Waals surface area contributed by atoms with Gasteiger partial charge in [-0.25, -0.2) is 23.2 Å². The van der Waals surface area contributed by atoms with Crippen molar-refractivity contribution in [3.05, 3.63) is 66.5 Å². The van der Waals surface area contributed by atoms with Gasteiger partial charge in [-0.15, -0.1) is 0 Å². The molecule has 6 rings (SSSR count). The summed E-state index contributed by atoms with van der Waals surface area (Å²) in [6, 6.07) is 17.8. The third-order valence-corrected chi connectivity index (χ3v) is 12.0. The zero-order chi connectivity index (χ0) is 35.3. The standard InChI is InChI=1S/C35H47N7O6SSi/c1-50(2,3)19-18-48-25-42-32(21-31-33(36-24-37-34(31)42)40-14-16-47-17-15-40)27-9-11-28(12-10-27)39-49(45,46)23-26-6-4-8-30(20-26)41-13-5-7-29(22-41)38-35(43)44/h4,6,8-12,20-21,24,29,38-39H,5,7,13-19,22-23,25H2,1-3H3,(H,43,44)/t29-/m1/s1. The summed E-state index contributed by atoms with van der Waals surface area (Å²) in [4.78, 5) is 24.8. The molecule has 2 saturated heterocycles. The Morgan fingerprint density at radius 2 is 1.82 bits per heavy atom. The van der Waals surface area contributed by atoms with Gasteiger partial charge in [0.2, 0.25) is 10.0 Å². The third kappa shape index (κ3) is 9.13. The second kappa shape index (κ2) is 15.4. The highest BCUT2D eigenvalue weighted by Gasteiger charge is 2.23. The number of aromatic nitrogens is 3. The summed E-state index contributed by atoms with van der Waals surface area (Å²) < 4.78 is 43.2. The molecule has 4 aromatic rings. The Bertz CT molecular complexity index is 1890. The summed E-state index contributed by atoms with van der Waals surface area (Å²) in [5.74, 6) is 0.671. The second-order valence-corrected chi connectivity index (χ2v) is 21.5. The van der Waals surface area contributed by atoms with E-state index < -0.39 is 24.2 Å². The van der Waals surface area contributed by atoms with E-state index in [0.717, 1.165) is 72.3 Å². The molecule has 50 heavy (non-hydrogen) atoms. The summed E-state index contributed by atoms with van der Waals surface area (Å²) in [6.45, 7) is 12.1. The molecular formula is C35H47N7O6SSi. The molecule has 2 aromatic carbocycles. The Kier molecular flexibility index (Phi) is 11.0. The molecule has 268 valence electrons. The molecule has 2 aliphatic rings. The SMILES string of the molecule is C[Si](C)(C)CCOCn1c(-c2ccc(NS(=O)(=O)Cc3cccc(N4CCC[C@@H](NC(=O)O)C4)c3)cc2)cc2c(N3CCOCC3)ncnc21. The first-order chi connectivity index (χ1) is 23.9. The molecule has 0 aliphatic carbocycles. The first-order valence-electron chi connectivity index (χ1n) is 17.1. The van der Waals surface area contributed by atoms with E-state index in [4.69, 9.17) is 14.6 Å². The van der Waals surface area contributed by atoms with Gasteiger partial charge in [0.05, 0.1) is 30.0 Å². The highest BCUT2D eigenvalue weighted by atomic mass is 32.2. The van der Waals surface area contributed by atoms with Crippen LogP contribution >= 0.6 is 0 Å². The number of nitrogens with one attached hydrogen (secondary N) is 2. The van der Waals surface area contributed by atoms with Gasteiger partial charge in [0.1, 0.15) is 24.5 Å². The van der Waals surface area contributed by atoms with Crippen LogP contribution in [-0.2, 0) is 32.0 Å². The van der Waals surface area contributed by atoms with Crippen molar-refractivity contribution in [3.63, 3.8) is 0 Å². The van der Waals surface area contributed by atoms with E-state index in [1.54, 1.807) is 24.5 Å². The number of ether oxygens (including phenoxy) is 2. The van der Waals surface area contributed by atoms with Crippen LogP contribution in [0, 0.1) is 0 Å². The molecule has 2 fully saturated rings. The zero-order valence-electron chi connectivity index (χ0n) is 29.0. The van der Waals surface area contributed by atoms with Crippen molar-refractivity contribution < 1.29 is 27.8 Å². The second-order valence-electron chi connectivity index (χ2n) is 14.2. The van der Waals surface area contributed by atoms with Crippen molar-refractivity contribution >= 4 is 52.4 Å². The largest absolute Gasteiger partial charge is 0.465 e. The summed E-state index contributed by atoms with van der Waals surface area (Å²) >= 11 is 0. The lowest BCUT2D eigenvalue weighted by Gasteiger charge is -2.34. The van der Waals surface area contributed by atoms with Crippen LogP contribution in [0.4, 0.5) is 22.0 Å². The van der Waals surface area contributed by atoms with Crippen LogP contribution < -0.4 is 19.8 Å². The fraction of sp³-hybridized carbons (Fsp3) is 0.457. The molecule has 2 aliphatic heterocycles. The summed E-state index contributed by atoms with van der Waals surface area (Å²) in [7, 11) is -5.00. The van der Waals surface area contributed by atoms with Gasteiger partial charge in [0.15, 0.2) is 0 Å². The van der Waals surface area contributed by atoms with Crippen LogP contribution in [0.15, 0.2) is 60.9 Å². The first-order valence-corrected chi connectivity index (χ1v) is 22.5. The number of sulfonamides is 1. The predicted octanol–water partition coefficient (Wildman–Crippen LogP) is 5.43. The number of nitrogens with zero attached hydrogens (tertiary/aromatic N) is 5. The quantitative estimate of drug-likeness (QED) is 0.121. The highest BCUT2D eigenvalue weighted by molar-refractivity contribution is 7.91. The van der Waals surface area contributed by atoms with Crippen LogP contribution in [0.3, 0.4) is 0 Å². The molecule has 0 unspecified atom stereocenters. The minimum atomic E-state index is -3.73. The lowest BCUT2D eigenvalue weighted by atomic mass is 10.0. The van der Waals surface area contributed by atoms with Gasteiger partial charge in [-0.1, -0.05) is 43.9 Å². The molecule has 0 saturated carbocycles. The average Bonchev–Trinajstić information content (AvgIpc) is 3.45. The fourth-order valence-electron chi connectivity index (χ4n) is 6.47. The molecule has 13 nitrogen and oxygen atoms in total. The molecule has 0 spiro atoms. The lowest BCUT2D eigenvalue weighted by molar-refractivity contribution is 0.0909. The van der Waals surface area contributed by atoms with E-state index in [1.807, 2.05) is 30.3 Å². The zero-order valence-corrected chi connectivity index (χ0v) is 30.8. The number of fused-ring (bicyclic) bond motifs is 1. The van der Waals surface area contributed by atoms with Crippen LogP contribution in [0.2, 0.25) is 25.7 Å². The first kappa shape index (κ1) is 35.6. The van der Waals surface area contributed by atoms with E-state index >= 15 is 0 Å². The summed E-state index contributed by atoms with van der Waals surface area (Å²) in [6.07, 6.45) is 2.19. The summed E-state index contributed by atoms with van der Waals surface area (Å²) in [5.41, 5.74) is 4.59. The van der Waals surface area contributed by atoms with E-state index in [0.29, 0.717) is 44.3 Å². The molecule has 15 heteroatoms. The van der Waals surface area contributed by atoms with Crippen LogP contribution in [-0.4, -0.2) is 94.3 Å². The van der Waals surface area contributed by atoms with Gasteiger partial charge < -0.3 is 34.3 Å². The number of carbonyl (C=O) groups is 1. The lowest BCUT2D eigenvalue weighted by Crippen LogP contribution is -2.47. The molecule has 0 bridgehead atoms. The van der Waals surface area contributed by atoms with E-state index in [1.165, 1.54) is 0 Å². The number of anilines is 3. The van der Waals surface area contributed by atoms with Crippen molar-refractivity contribution in [2.45, 2.75) is 57.1 Å². The molecule has 2 aromatic heterocycles. The van der Waals surface area contributed by atoms with E-state index in [9.17, 15) is 13.2 Å². The number of piperidine rings is 1. The van der Waals surface area contributed by atoms with E-state index in [-0.39, 0.29) is 11.8 Å². The van der Waals surface area contributed by atoms with E-state index in [2.05, 4.69) is 60.1 Å². The van der Waals surface area contributed by atoms with Crippen molar-refractivity contribution in [2.24, 2.45) is 0 Å². The maximum atomic E-state index is 13.3. The summed E-state index contributed by atoms with van der Waals surface area (Å²) in [5, 5.41) is 12.6. The molecular weight excluding hydrogens is 675 g/mol. The molecule has 1 amide bonds. The number of hydrogen-bond donors (Lipinski definition) is 3. The molecule has 1 atom stereocenters. The van der Waals surface area contributed by atoms with Gasteiger partial charge in [-0.3, -0.25) is 4.72 Å². The number of benzene rings is 2. The Morgan fingerprint density at radius 1 is 1.04 bits per heavy atom. The van der Waals surface area contributed by atoms with Crippen molar-refractivity contribution in [1.82, 2.24) is 19.9 Å². The minimum Gasteiger partial charge on any atom is -0.465 e. The van der Waals surface area contributed by atoms with Crippen LogP contribution in [0.25, 0.3) is 22.3 Å². The van der Waals surface area contributed by atoms with Crippen molar-refractivity contribution in [2.75, 3.05) is 60.5 Å². The molecule has 3 N–H and O–H groups in total. The van der Waals surface area contributed by atoms with Crippen LogP contribution in [0.5, 0.6) is 0 Å². The third-order valence-electron chi connectivity index (χ3n) is 9.03. The van der Waals surface area contributed by atoms with Gasteiger partial charge in [0.25, 0.3) is 0 Å². The maximum Gasteiger partial charge on any atom is 0.404 e. The normalized spacial score (nSPS) is 17.2. The van der Waals surface area contributed by atoms with Crippen LogP contribution in [0.1, 0.15) is 18.4 Å². The fourth-order valence-corrected chi connectivity index (χ4v) is 8.42. The molecule has 0 radical (unpaired) electrons. The van der Waals surface area contributed by atoms with Gasteiger partial charge in [0, 0.05) is 58.3 Å². The Labute approximate surface area is 294 Å². The topological polar surface area (TPSA) is 151 Å². The van der Waals surface area contributed by atoms with Gasteiger partial charge in [-0.2, -0.15) is 0 Å². The van der Waals surface area contributed by atoms with Gasteiger partial charge >= 0.3 is 6.09 Å². The number of morpholine rings is 1. The monoisotopic (exact) mass is 721 g/mol. The Morgan fingerprint density at radius 3 is 2.56 bits per heavy atom. The number of rotatable bonds is 13. The Balaban J connectivity index is 1.19.